The van der Waals surface area contributed by atoms with Crippen LogP contribution in [-0.4, -0.2) is 27.9 Å². The Morgan fingerprint density at radius 3 is 2.42 bits per heavy atom. The summed E-state index contributed by atoms with van der Waals surface area (Å²) in [6.45, 7) is 0. The first kappa shape index (κ1) is 19.3. The molecule has 1 aromatic heterocycles. The number of hydrogen-bond acceptors (Lipinski definition) is 6. The van der Waals surface area contributed by atoms with Gasteiger partial charge < -0.3 is 5.32 Å². The standard InChI is InChI=1S/C24H17FN4OS/c25-18-12-10-16(11-13-18)23-28-29-24(31-23)27-22-20(30)14-17-8-4-5-9-19(17)21(26-22)15-6-2-1-3-7-15/h1-13,22H,14H2,(H,27,29). The summed E-state index contributed by atoms with van der Waals surface area (Å²) in [7, 11) is 0. The molecular weight excluding hydrogens is 411 g/mol. The number of rotatable bonds is 4. The monoisotopic (exact) mass is 428 g/mol. The van der Waals surface area contributed by atoms with Crippen molar-refractivity contribution in [2.45, 2.75) is 12.6 Å². The van der Waals surface area contributed by atoms with Gasteiger partial charge in [0, 0.05) is 23.1 Å². The number of nitrogens with zero attached hydrogens (tertiary/aromatic N) is 3. The summed E-state index contributed by atoms with van der Waals surface area (Å²) < 4.78 is 13.2. The number of halogens is 1. The first-order valence-corrected chi connectivity index (χ1v) is 10.6. The van der Waals surface area contributed by atoms with Gasteiger partial charge in [-0.3, -0.25) is 9.79 Å². The number of ketones is 1. The van der Waals surface area contributed by atoms with Crippen LogP contribution >= 0.6 is 11.3 Å². The zero-order valence-corrected chi connectivity index (χ0v) is 17.1. The molecule has 5 nitrogen and oxygen atoms in total. The van der Waals surface area contributed by atoms with E-state index < -0.39 is 6.17 Å². The minimum Gasteiger partial charge on any atom is -0.332 e. The van der Waals surface area contributed by atoms with Crippen molar-refractivity contribution in [3.63, 3.8) is 0 Å². The molecule has 2 heterocycles. The molecule has 31 heavy (non-hydrogen) atoms. The van der Waals surface area contributed by atoms with Crippen LogP contribution in [0.15, 0.2) is 83.9 Å². The van der Waals surface area contributed by atoms with Gasteiger partial charge in [-0.15, -0.1) is 10.2 Å². The molecule has 0 aliphatic carbocycles. The third kappa shape index (κ3) is 4.00. The average Bonchev–Trinajstić information content (AvgIpc) is 3.21. The summed E-state index contributed by atoms with van der Waals surface area (Å²) in [6, 6.07) is 23.7. The van der Waals surface area contributed by atoms with Gasteiger partial charge >= 0.3 is 0 Å². The fourth-order valence-corrected chi connectivity index (χ4v) is 4.28. The number of carbonyl (C=O) groups is 1. The highest BCUT2D eigenvalue weighted by Gasteiger charge is 2.26. The van der Waals surface area contributed by atoms with Gasteiger partial charge in [0.15, 0.2) is 11.9 Å². The molecule has 0 radical (unpaired) electrons. The van der Waals surface area contributed by atoms with Crippen molar-refractivity contribution < 1.29 is 9.18 Å². The fourth-order valence-electron chi connectivity index (χ4n) is 3.51. The van der Waals surface area contributed by atoms with Crippen LogP contribution in [0.25, 0.3) is 10.6 Å². The van der Waals surface area contributed by atoms with Crippen LogP contribution < -0.4 is 5.32 Å². The van der Waals surface area contributed by atoms with Crippen molar-refractivity contribution in [1.29, 1.82) is 0 Å². The van der Waals surface area contributed by atoms with Gasteiger partial charge in [0.2, 0.25) is 5.13 Å². The van der Waals surface area contributed by atoms with Crippen LogP contribution in [0.5, 0.6) is 0 Å². The van der Waals surface area contributed by atoms with Crippen LogP contribution in [0.1, 0.15) is 16.7 Å². The molecule has 0 amide bonds. The number of anilines is 1. The molecule has 1 aliphatic rings. The number of aliphatic imine (C=N–C) groups is 1. The smallest absolute Gasteiger partial charge is 0.207 e. The quantitative estimate of drug-likeness (QED) is 0.510. The van der Waals surface area contributed by atoms with Gasteiger partial charge in [-0.05, 0) is 29.8 Å². The molecule has 7 heteroatoms. The molecule has 1 N–H and O–H groups in total. The summed E-state index contributed by atoms with van der Waals surface area (Å²) in [4.78, 5) is 17.8. The Kier molecular flexibility index (Phi) is 5.09. The van der Waals surface area contributed by atoms with Crippen molar-refractivity contribution in [3.8, 4) is 10.6 Å². The van der Waals surface area contributed by atoms with E-state index >= 15 is 0 Å². The van der Waals surface area contributed by atoms with E-state index in [4.69, 9.17) is 4.99 Å². The first-order chi connectivity index (χ1) is 15.2. The Labute approximate surface area is 182 Å². The molecule has 0 saturated heterocycles. The van der Waals surface area contributed by atoms with Crippen LogP contribution in [0, 0.1) is 5.82 Å². The van der Waals surface area contributed by atoms with Gasteiger partial charge in [-0.25, -0.2) is 4.39 Å². The number of hydrogen-bond donors (Lipinski definition) is 1. The van der Waals surface area contributed by atoms with E-state index in [9.17, 15) is 9.18 Å². The molecule has 5 rings (SSSR count). The van der Waals surface area contributed by atoms with Crippen LogP contribution in [0.3, 0.4) is 0 Å². The zero-order chi connectivity index (χ0) is 21.2. The maximum absolute atomic E-state index is 13.2. The molecule has 1 atom stereocenters. The van der Waals surface area contributed by atoms with Crippen molar-refractivity contribution >= 4 is 28.0 Å². The lowest BCUT2D eigenvalue weighted by molar-refractivity contribution is -0.118. The molecule has 4 aromatic rings. The van der Waals surface area contributed by atoms with E-state index in [0.717, 1.165) is 28.0 Å². The second-order valence-corrected chi connectivity index (χ2v) is 8.09. The Morgan fingerprint density at radius 2 is 1.61 bits per heavy atom. The predicted octanol–water partition coefficient (Wildman–Crippen LogP) is 4.75. The summed E-state index contributed by atoms with van der Waals surface area (Å²) in [6.07, 6.45) is -0.506. The zero-order valence-electron chi connectivity index (χ0n) is 16.3. The number of nitrogens with one attached hydrogen (secondary N) is 1. The van der Waals surface area contributed by atoms with Crippen molar-refractivity contribution in [2.24, 2.45) is 4.99 Å². The molecule has 0 saturated carbocycles. The van der Waals surface area contributed by atoms with E-state index in [-0.39, 0.29) is 18.0 Å². The number of fused-ring (bicyclic) bond motifs is 1. The van der Waals surface area contributed by atoms with E-state index in [0.29, 0.717) is 10.1 Å². The molecule has 0 spiro atoms. The fraction of sp³-hybridized carbons (Fsp3) is 0.0833. The van der Waals surface area contributed by atoms with Crippen LogP contribution in [-0.2, 0) is 11.2 Å². The molecule has 1 aliphatic heterocycles. The minimum atomic E-state index is -0.781. The second kappa shape index (κ2) is 8.20. The van der Waals surface area contributed by atoms with Crippen LogP contribution in [0.2, 0.25) is 0 Å². The third-order valence-electron chi connectivity index (χ3n) is 5.02. The van der Waals surface area contributed by atoms with Gasteiger partial charge in [0.05, 0.1) is 5.71 Å². The van der Waals surface area contributed by atoms with E-state index in [2.05, 4.69) is 15.5 Å². The Hall–Kier alpha value is -3.71. The summed E-state index contributed by atoms with van der Waals surface area (Å²) in [5.41, 5.74) is 4.38. The highest BCUT2D eigenvalue weighted by atomic mass is 32.1. The average molecular weight is 428 g/mol. The maximum Gasteiger partial charge on any atom is 0.207 e. The molecule has 1 unspecified atom stereocenters. The SMILES string of the molecule is O=C1Cc2ccccc2C(c2ccccc2)=NC1Nc1nnc(-c2ccc(F)cc2)s1. The van der Waals surface area contributed by atoms with Crippen molar-refractivity contribution in [3.05, 3.63) is 101 Å². The lowest BCUT2D eigenvalue weighted by atomic mass is 9.96. The Morgan fingerprint density at radius 1 is 0.871 bits per heavy atom. The van der Waals surface area contributed by atoms with Crippen molar-refractivity contribution in [2.75, 3.05) is 5.32 Å². The topological polar surface area (TPSA) is 67.2 Å². The molecule has 3 aromatic carbocycles. The summed E-state index contributed by atoms with van der Waals surface area (Å²) in [5, 5.41) is 12.6. The number of benzene rings is 3. The molecule has 0 fully saturated rings. The van der Waals surface area contributed by atoms with E-state index in [1.54, 1.807) is 12.1 Å². The first-order valence-electron chi connectivity index (χ1n) is 9.77. The highest BCUT2D eigenvalue weighted by Crippen LogP contribution is 2.28. The van der Waals surface area contributed by atoms with E-state index in [1.165, 1.54) is 23.5 Å². The Bertz CT molecular complexity index is 1270. The number of aromatic nitrogens is 2. The van der Waals surface area contributed by atoms with Gasteiger partial charge in [0.25, 0.3) is 0 Å². The van der Waals surface area contributed by atoms with Crippen molar-refractivity contribution in [1.82, 2.24) is 10.2 Å². The van der Waals surface area contributed by atoms with Gasteiger partial charge in [-0.2, -0.15) is 0 Å². The van der Waals surface area contributed by atoms with Crippen LogP contribution in [0.4, 0.5) is 9.52 Å². The normalized spacial score (nSPS) is 15.7. The lowest BCUT2D eigenvalue weighted by Gasteiger charge is -2.12. The molecular formula is C24H17FN4OS. The number of Topliss-reactive ketones (excluding diaryl/α,β-unsaturated/α-hetero) is 1. The molecule has 152 valence electrons. The summed E-state index contributed by atoms with van der Waals surface area (Å²) >= 11 is 1.30. The largest absolute Gasteiger partial charge is 0.332 e. The minimum absolute atomic E-state index is 0.0445. The van der Waals surface area contributed by atoms with E-state index in [1.807, 2.05) is 54.6 Å². The van der Waals surface area contributed by atoms with Gasteiger partial charge in [-0.1, -0.05) is 65.9 Å². The predicted molar refractivity (Wildman–Crippen MR) is 120 cm³/mol. The lowest BCUT2D eigenvalue weighted by Crippen LogP contribution is -2.28. The number of carbonyl (C=O) groups excluding carboxylic acids is 1. The summed E-state index contributed by atoms with van der Waals surface area (Å²) in [5.74, 6) is -0.352. The maximum atomic E-state index is 13.2. The molecule has 0 bridgehead atoms. The second-order valence-electron chi connectivity index (χ2n) is 7.11. The van der Waals surface area contributed by atoms with Gasteiger partial charge in [0.1, 0.15) is 10.8 Å². The Balaban J connectivity index is 1.49. The third-order valence-corrected chi connectivity index (χ3v) is 5.93. The highest BCUT2D eigenvalue weighted by molar-refractivity contribution is 7.18.